The van der Waals surface area contributed by atoms with Crippen molar-refractivity contribution in [2.24, 2.45) is 0 Å². The molecule has 23 heavy (non-hydrogen) atoms. The number of fused-ring (bicyclic) bond motifs is 1. The van der Waals surface area contributed by atoms with Gasteiger partial charge in [0.2, 0.25) is 0 Å². The summed E-state index contributed by atoms with van der Waals surface area (Å²) < 4.78 is 16.2. The van der Waals surface area contributed by atoms with Crippen LogP contribution in [0.4, 0.5) is 0 Å². The Kier molecular flexibility index (Phi) is 4.47. The summed E-state index contributed by atoms with van der Waals surface area (Å²) in [5.41, 5.74) is -0.253. The summed E-state index contributed by atoms with van der Waals surface area (Å²) in [5, 5.41) is 10.2. The maximum absolute atomic E-state index is 11.2. The Hall–Kier alpha value is -2.95. The van der Waals surface area contributed by atoms with Gasteiger partial charge in [-0.25, -0.2) is 4.79 Å². The molecule has 1 N–H and O–H groups in total. The fraction of sp³-hybridized carbons (Fsp3) is 0.167. The van der Waals surface area contributed by atoms with E-state index < -0.39 is 5.63 Å². The molecule has 0 saturated carbocycles. The smallest absolute Gasteiger partial charge is 0.339 e. The van der Waals surface area contributed by atoms with Gasteiger partial charge in [-0.2, -0.15) is 0 Å². The number of aromatic hydroxyl groups is 1. The van der Waals surface area contributed by atoms with E-state index in [-0.39, 0.29) is 5.75 Å². The topological polar surface area (TPSA) is 68.9 Å². The molecule has 0 spiro atoms. The lowest BCUT2D eigenvalue weighted by Gasteiger charge is -2.08. The third kappa shape index (κ3) is 3.83. The van der Waals surface area contributed by atoms with Gasteiger partial charge in [0.15, 0.2) is 0 Å². The number of benzene rings is 2. The fourth-order valence-electron chi connectivity index (χ4n) is 2.17. The van der Waals surface area contributed by atoms with Crippen LogP contribution in [0.2, 0.25) is 0 Å². The Balaban J connectivity index is 1.54. The monoisotopic (exact) mass is 312 g/mol. The second-order valence-electron chi connectivity index (χ2n) is 4.97. The van der Waals surface area contributed by atoms with Crippen molar-refractivity contribution in [2.45, 2.75) is 6.42 Å². The normalized spacial score (nSPS) is 10.6. The number of hydrogen-bond donors (Lipinski definition) is 1. The molecular weight excluding hydrogens is 296 g/mol. The maximum Gasteiger partial charge on any atom is 0.339 e. The summed E-state index contributed by atoms with van der Waals surface area (Å²) in [4.78, 5) is 11.2. The van der Waals surface area contributed by atoms with Gasteiger partial charge in [0.25, 0.3) is 0 Å². The predicted octanol–water partition coefficient (Wildman–Crippen LogP) is 3.35. The molecule has 0 aliphatic rings. The van der Waals surface area contributed by atoms with Gasteiger partial charge in [-0.15, -0.1) is 0 Å². The molecule has 0 saturated heterocycles. The summed E-state index contributed by atoms with van der Waals surface area (Å²) in [6.45, 7) is 1.04. The van der Waals surface area contributed by atoms with Crippen LogP contribution < -0.4 is 15.1 Å². The van der Waals surface area contributed by atoms with Gasteiger partial charge in [-0.3, -0.25) is 0 Å². The Morgan fingerprint density at radius 2 is 1.65 bits per heavy atom. The molecule has 0 amide bonds. The van der Waals surface area contributed by atoms with Crippen LogP contribution in [0.5, 0.6) is 17.2 Å². The molecule has 3 aromatic rings. The molecule has 3 rings (SSSR count). The van der Waals surface area contributed by atoms with Gasteiger partial charge in [-0.1, -0.05) is 18.2 Å². The zero-order valence-corrected chi connectivity index (χ0v) is 12.4. The van der Waals surface area contributed by atoms with Crippen LogP contribution in [-0.4, -0.2) is 18.3 Å². The highest BCUT2D eigenvalue weighted by Gasteiger charge is 2.06. The van der Waals surface area contributed by atoms with Gasteiger partial charge < -0.3 is 19.0 Å². The highest BCUT2D eigenvalue weighted by Crippen LogP contribution is 2.26. The Morgan fingerprint density at radius 1 is 0.913 bits per heavy atom. The van der Waals surface area contributed by atoms with E-state index in [1.165, 1.54) is 0 Å². The van der Waals surface area contributed by atoms with E-state index in [0.29, 0.717) is 29.9 Å². The minimum absolute atomic E-state index is 0.117. The standard InChI is InChI=1S/C18H16O5/c19-16-12-18(20)23-17-8-7-14(11-15(16)17)22-10-4-9-21-13-5-2-1-3-6-13/h1-3,5-8,11-12,19H,4,9-10H2. The SMILES string of the molecule is O=c1cc(O)c2cc(OCCCOc3ccccc3)ccc2o1. The molecule has 0 aliphatic heterocycles. The van der Waals surface area contributed by atoms with Gasteiger partial charge in [0.1, 0.15) is 22.8 Å². The highest BCUT2D eigenvalue weighted by atomic mass is 16.5. The van der Waals surface area contributed by atoms with Crippen molar-refractivity contribution in [1.82, 2.24) is 0 Å². The molecular formula is C18H16O5. The first-order valence-electron chi connectivity index (χ1n) is 7.30. The summed E-state index contributed by atoms with van der Waals surface area (Å²) >= 11 is 0. The average molecular weight is 312 g/mol. The highest BCUT2D eigenvalue weighted by molar-refractivity contribution is 5.84. The van der Waals surface area contributed by atoms with E-state index in [0.717, 1.165) is 18.2 Å². The van der Waals surface area contributed by atoms with E-state index in [9.17, 15) is 9.90 Å². The lowest BCUT2D eigenvalue weighted by molar-refractivity contribution is 0.247. The Bertz CT molecular complexity index is 839. The van der Waals surface area contributed by atoms with Crippen LogP contribution in [0.15, 0.2) is 63.8 Å². The van der Waals surface area contributed by atoms with E-state index in [1.54, 1.807) is 18.2 Å². The number of hydrogen-bond acceptors (Lipinski definition) is 5. The molecule has 1 aromatic heterocycles. The summed E-state index contributed by atoms with van der Waals surface area (Å²) in [5.74, 6) is 1.31. The minimum atomic E-state index is -0.582. The first kappa shape index (κ1) is 15.0. The van der Waals surface area contributed by atoms with Crippen LogP contribution in [0.1, 0.15) is 6.42 Å². The van der Waals surface area contributed by atoms with Crippen molar-refractivity contribution in [3.05, 3.63) is 65.0 Å². The minimum Gasteiger partial charge on any atom is -0.507 e. The molecule has 5 heteroatoms. The van der Waals surface area contributed by atoms with Crippen LogP contribution in [0.25, 0.3) is 11.0 Å². The number of para-hydroxylation sites is 1. The molecule has 0 radical (unpaired) electrons. The average Bonchev–Trinajstić information content (AvgIpc) is 2.56. The zero-order chi connectivity index (χ0) is 16.1. The number of ether oxygens (including phenoxy) is 2. The van der Waals surface area contributed by atoms with Crippen molar-refractivity contribution >= 4 is 11.0 Å². The van der Waals surface area contributed by atoms with E-state index >= 15 is 0 Å². The van der Waals surface area contributed by atoms with Gasteiger partial charge in [0, 0.05) is 6.42 Å². The fourth-order valence-corrected chi connectivity index (χ4v) is 2.17. The summed E-state index contributed by atoms with van der Waals surface area (Å²) in [6.07, 6.45) is 0.725. The van der Waals surface area contributed by atoms with Gasteiger partial charge in [-0.05, 0) is 30.3 Å². The maximum atomic E-state index is 11.2. The molecule has 0 bridgehead atoms. The zero-order valence-electron chi connectivity index (χ0n) is 12.4. The Morgan fingerprint density at radius 3 is 2.43 bits per heavy atom. The second kappa shape index (κ2) is 6.87. The van der Waals surface area contributed by atoms with Gasteiger partial charge >= 0.3 is 5.63 Å². The molecule has 0 aliphatic carbocycles. The van der Waals surface area contributed by atoms with Crippen molar-refractivity contribution in [3.63, 3.8) is 0 Å². The molecule has 0 atom stereocenters. The number of rotatable bonds is 6. The summed E-state index contributed by atoms with van der Waals surface area (Å²) in [7, 11) is 0. The van der Waals surface area contributed by atoms with Gasteiger partial charge in [0.05, 0.1) is 24.7 Å². The van der Waals surface area contributed by atoms with Crippen LogP contribution in [0, 0.1) is 0 Å². The molecule has 0 unspecified atom stereocenters. The van der Waals surface area contributed by atoms with Crippen molar-refractivity contribution in [3.8, 4) is 17.2 Å². The quantitative estimate of drug-likeness (QED) is 0.558. The third-order valence-electron chi connectivity index (χ3n) is 3.26. The molecule has 118 valence electrons. The van der Waals surface area contributed by atoms with Crippen LogP contribution >= 0.6 is 0 Å². The van der Waals surface area contributed by atoms with Crippen molar-refractivity contribution in [2.75, 3.05) is 13.2 Å². The van der Waals surface area contributed by atoms with Crippen LogP contribution in [0.3, 0.4) is 0 Å². The van der Waals surface area contributed by atoms with Crippen molar-refractivity contribution in [1.29, 1.82) is 0 Å². The van der Waals surface area contributed by atoms with E-state index in [4.69, 9.17) is 13.9 Å². The molecule has 0 fully saturated rings. The van der Waals surface area contributed by atoms with Crippen LogP contribution in [-0.2, 0) is 0 Å². The van der Waals surface area contributed by atoms with E-state index in [1.807, 2.05) is 30.3 Å². The Labute approximate surface area is 132 Å². The molecule has 2 aromatic carbocycles. The molecule has 5 nitrogen and oxygen atoms in total. The second-order valence-corrected chi connectivity index (χ2v) is 4.97. The van der Waals surface area contributed by atoms with E-state index in [2.05, 4.69) is 0 Å². The summed E-state index contributed by atoms with van der Waals surface area (Å²) in [6, 6.07) is 15.6. The lowest BCUT2D eigenvalue weighted by Crippen LogP contribution is -2.05. The van der Waals surface area contributed by atoms with Crippen molar-refractivity contribution < 1.29 is 19.0 Å². The first-order chi connectivity index (χ1) is 11.2. The first-order valence-corrected chi connectivity index (χ1v) is 7.30. The lowest BCUT2D eigenvalue weighted by atomic mass is 10.2. The third-order valence-corrected chi connectivity index (χ3v) is 3.26. The largest absolute Gasteiger partial charge is 0.507 e. The predicted molar refractivity (Wildman–Crippen MR) is 86.2 cm³/mol. The molecule has 1 heterocycles.